The summed E-state index contributed by atoms with van der Waals surface area (Å²) in [7, 11) is 0. The van der Waals surface area contributed by atoms with E-state index in [4.69, 9.17) is 11.6 Å². The zero-order chi connectivity index (χ0) is 16.9. The Morgan fingerprint density at radius 1 is 1.12 bits per heavy atom. The summed E-state index contributed by atoms with van der Waals surface area (Å²) < 4.78 is 0. The van der Waals surface area contributed by atoms with Gasteiger partial charge in [-0.2, -0.15) is 0 Å². The number of benzene rings is 2. The first-order chi connectivity index (χ1) is 11.6. The lowest BCUT2D eigenvalue weighted by Crippen LogP contribution is -2.28. The van der Waals surface area contributed by atoms with Gasteiger partial charge in [0.25, 0.3) is 0 Å². The third-order valence-electron chi connectivity index (χ3n) is 3.67. The molecule has 122 valence electrons. The van der Waals surface area contributed by atoms with E-state index in [1.165, 1.54) is 11.8 Å². The molecule has 3 rings (SSSR count). The number of thioether (sulfide) groups is 1. The van der Waals surface area contributed by atoms with Crippen LogP contribution in [0.4, 0.5) is 0 Å². The van der Waals surface area contributed by atoms with Gasteiger partial charge in [-0.05, 0) is 30.7 Å². The van der Waals surface area contributed by atoms with Crippen molar-refractivity contribution in [3.8, 4) is 0 Å². The molecule has 1 N–H and O–H groups in total. The number of pyridine rings is 1. The number of amides is 1. The molecule has 0 radical (unpaired) electrons. The Morgan fingerprint density at radius 3 is 2.71 bits per heavy atom. The number of nitrogens with zero attached hydrogens (tertiary/aromatic N) is 1. The van der Waals surface area contributed by atoms with Crippen LogP contribution in [0.3, 0.4) is 0 Å². The molecule has 0 fully saturated rings. The molecule has 0 aliphatic carbocycles. The number of rotatable bonds is 5. The first-order valence-corrected chi connectivity index (χ1v) is 9.02. The number of fused-ring (bicyclic) bond motifs is 1. The van der Waals surface area contributed by atoms with Crippen molar-refractivity contribution in [3.63, 3.8) is 0 Å². The topological polar surface area (TPSA) is 42.0 Å². The van der Waals surface area contributed by atoms with Crippen LogP contribution in [-0.4, -0.2) is 16.6 Å². The minimum atomic E-state index is -0.128. The van der Waals surface area contributed by atoms with Gasteiger partial charge in [0.1, 0.15) is 0 Å². The van der Waals surface area contributed by atoms with E-state index in [-0.39, 0.29) is 11.9 Å². The van der Waals surface area contributed by atoms with Gasteiger partial charge in [0, 0.05) is 10.4 Å². The predicted octanol–water partition coefficient (Wildman–Crippen LogP) is 4.86. The van der Waals surface area contributed by atoms with Crippen molar-refractivity contribution < 1.29 is 4.79 Å². The van der Waals surface area contributed by atoms with Gasteiger partial charge in [-0.25, -0.2) is 4.98 Å². The first kappa shape index (κ1) is 16.8. The van der Waals surface area contributed by atoms with Crippen LogP contribution in [0.5, 0.6) is 0 Å². The summed E-state index contributed by atoms with van der Waals surface area (Å²) in [6.07, 6.45) is 0. The third-order valence-corrected chi connectivity index (χ3v) is 4.95. The second kappa shape index (κ2) is 7.69. The summed E-state index contributed by atoms with van der Waals surface area (Å²) in [4.78, 5) is 16.7. The normalized spacial score (nSPS) is 12.1. The molecule has 1 unspecified atom stereocenters. The number of halogens is 1. The molecule has 1 amide bonds. The Labute approximate surface area is 150 Å². The van der Waals surface area contributed by atoms with Crippen molar-refractivity contribution in [2.24, 2.45) is 0 Å². The Morgan fingerprint density at radius 2 is 1.88 bits per heavy atom. The highest BCUT2D eigenvalue weighted by molar-refractivity contribution is 7.99. The predicted molar refractivity (Wildman–Crippen MR) is 100 cm³/mol. The minimum absolute atomic E-state index is 0.0395. The molecular weight excluding hydrogens is 340 g/mol. The highest BCUT2D eigenvalue weighted by Gasteiger charge is 2.12. The van der Waals surface area contributed by atoms with Gasteiger partial charge in [-0.3, -0.25) is 4.79 Å². The standard InChI is InChI=1S/C19H17ClN2OS/c1-13(15-7-3-4-8-16(15)20)21-18(23)12-24-19-11-10-14-6-2-5-9-17(14)22-19/h2-11,13H,12H2,1H3,(H,21,23). The van der Waals surface area contributed by atoms with Crippen LogP contribution >= 0.6 is 23.4 Å². The zero-order valence-electron chi connectivity index (χ0n) is 13.2. The summed E-state index contributed by atoms with van der Waals surface area (Å²) in [6, 6.07) is 19.3. The van der Waals surface area contributed by atoms with Gasteiger partial charge >= 0.3 is 0 Å². The first-order valence-electron chi connectivity index (χ1n) is 7.66. The Kier molecular flexibility index (Phi) is 5.38. The quantitative estimate of drug-likeness (QED) is 0.664. The van der Waals surface area contributed by atoms with E-state index in [2.05, 4.69) is 10.3 Å². The van der Waals surface area contributed by atoms with Crippen LogP contribution in [-0.2, 0) is 4.79 Å². The Balaban J connectivity index is 1.59. The number of hydrogen-bond donors (Lipinski definition) is 1. The van der Waals surface area contributed by atoms with E-state index in [1.807, 2.05) is 67.6 Å². The molecule has 3 aromatic rings. The lowest BCUT2D eigenvalue weighted by molar-refractivity contribution is -0.119. The zero-order valence-corrected chi connectivity index (χ0v) is 14.8. The molecule has 0 aliphatic rings. The third kappa shape index (κ3) is 4.08. The molecule has 5 heteroatoms. The molecule has 0 saturated heterocycles. The van der Waals surface area contributed by atoms with Gasteiger partial charge < -0.3 is 5.32 Å². The largest absolute Gasteiger partial charge is 0.349 e. The summed E-state index contributed by atoms with van der Waals surface area (Å²) in [6.45, 7) is 1.93. The van der Waals surface area contributed by atoms with E-state index in [0.717, 1.165) is 21.5 Å². The average molecular weight is 357 g/mol. The fourth-order valence-corrected chi connectivity index (χ4v) is 3.44. The van der Waals surface area contributed by atoms with Crippen molar-refractivity contribution in [1.29, 1.82) is 0 Å². The molecular formula is C19H17ClN2OS. The van der Waals surface area contributed by atoms with Crippen molar-refractivity contribution in [1.82, 2.24) is 10.3 Å². The molecule has 1 atom stereocenters. The molecule has 2 aromatic carbocycles. The van der Waals surface area contributed by atoms with Crippen LogP contribution in [0.15, 0.2) is 65.7 Å². The molecule has 0 bridgehead atoms. The van der Waals surface area contributed by atoms with Gasteiger partial charge in [0.05, 0.1) is 22.3 Å². The number of carbonyl (C=O) groups is 1. The second-order valence-corrected chi connectivity index (χ2v) is 6.84. The van der Waals surface area contributed by atoms with Crippen molar-refractivity contribution in [3.05, 3.63) is 71.2 Å². The maximum Gasteiger partial charge on any atom is 0.230 e. The van der Waals surface area contributed by atoms with Crippen LogP contribution in [0.2, 0.25) is 5.02 Å². The highest BCUT2D eigenvalue weighted by atomic mass is 35.5. The number of para-hydroxylation sites is 1. The molecule has 0 saturated carbocycles. The maximum atomic E-state index is 12.2. The van der Waals surface area contributed by atoms with Crippen molar-refractivity contribution in [2.45, 2.75) is 18.0 Å². The molecule has 0 spiro atoms. The van der Waals surface area contributed by atoms with E-state index < -0.39 is 0 Å². The summed E-state index contributed by atoms with van der Waals surface area (Å²) in [5.41, 5.74) is 1.86. The van der Waals surface area contributed by atoms with Crippen molar-refractivity contribution in [2.75, 3.05) is 5.75 Å². The van der Waals surface area contributed by atoms with E-state index >= 15 is 0 Å². The Hall–Kier alpha value is -2.04. The summed E-state index contributed by atoms with van der Waals surface area (Å²) in [5, 5.41) is 5.57. The van der Waals surface area contributed by atoms with Crippen LogP contribution in [0.1, 0.15) is 18.5 Å². The van der Waals surface area contributed by atoms with E-state index in [0.29, 0.717) is 10.8 Å². The second-order valence-electron chi connectivity index (χ2n) is 5.44. The summed E-state index contributed by atoms with van der Waals surface area (Å²) in [5.74, 6) is 0.280. The lowest BCUT2D eigenvalue weighted by Gasteiger charge is -2.15. The smallest absolute Gasteiger partial charge is 0.230 e. The molecule has 1 heterocycles. The van der Waals surface area contributed by atoms with Gasteiger partial charge in [-0.1, -0.05) is 65.8 Å². The van der Waals surface area contributed by atoms with Crippen LogP contribution in [0, 0.1) is 0 Å². The molecule has 24 heavy (non-hydrogen) atoms. The SMILES string of the molecule is CC(NC(=O)CSc1ccc2ccccc2n1)c1ccccc1Cl. The number of aromatic nitrogens is 1. The number of hydrogen-bond acceptors (Lipinski definition) is 3. The fourth-order valence-electron chi connectivity index (χ4n) is 2.45. The van der Waals surface area contributed by atoms with Crippen LogP contribution < -0.4 is 5.32 Å². The van der Waals surface area contributed by atoms with Gasteiger partial charge in [0.2, 0.25) is 5.91 Å². The minimum Gasteiger partial charge on any atom is -0.349 e. The number of carbonyl (C=O) groups excluding carboxylic acids is 1. The van der Waals surface area contributed by atoms with Gasteiger partial charge in [0.15, 0.2) is 0 Å². The van der Waals surface area contributed by atoms with Crippen LogP contribution in [0.25, 0.3) is 10.9 Å². The Bertz CT molecular complexity index is 869. The monoisotopic (exact) mass is 356 g/mol. The van der Waals surface area contributed by atoms with Gasteiger partial charge in [-0.15, -0.1) is 0 Å². The molecule has 1 aromatic heterocycles. The molecule has 0 aliphatic heterocycles. The average Bonchev–Trinajstić information content (AvgIpc) is 2.60. The summed E-state index contributed by atoms with van der Waals surface area (Å²) >= 11 is 7.59. The van der Waals surface area contributed by atoms with E-state index in [1.54, 1.807) is 0 Å². The fraction of sp³-hybridized carbons (Fsp3) is 0.158. The molecule has 3 nitrogen and oxygen atoms in total. The lowest BCUT2D eigenvalue weighted by atomic mass is 10.1. The number of nitrogens with one attached hydrogen (secondary N) is 1. The van der Waals surface area contributed by atoms with E-state index in [9.17, 15) is 4.79 Å². The van der Waals surface area contributed by atoms with Crippen molar-refractivity contribution >= 4 is 40.2 Å². The maximum absolute atomic E-state index is 12.2. The highest BCUT2D eigenvalue weighted by Crippen LogP contribution is 2.23.